The third-order valence-corrected chi connectivity index (χ3v) is 4.92. The van der Waals surface area contributed by atoms with Gasteiger partial charge in [-0.2, -0.15) is 0 Å². The lowest BCUT2D eigenvalue weighted by atomic mass is 9.96. The second kappa shape index (κ2) is 8.11. The molecule has 0 bridgehead atoms. The summed E-state index contributed by atoms with van der Waals surface area (Å²) >= 11 is 0. The summed E-state index contributed by atoms with van der Waals surface area (Å²) in [5.41, 5.74) is 3.71. The van der Waals surface area contributed by atoms with Crippen molar-refractivity contribution in [1.29, 1.82) is 0 Å². The van der Waals surface area contributed by atoms with Crippen molar-refractivity contribution < 1.29 is 9.53 Å². The standard InChI is InChI=1S/C24H22N2O2/c1-28-19-13-11-17(12-14-19)15-26-23(18-7-3-2-4-8-18)24(27)21-16-25-22-10-6-5-9-20(21)22/h2-14,16,23,25-26H,15H2,1H3/t23-/m0/s1. The quantitative estimate of drug-likeness (QED) is 0.455. The fourth-order valence-corrected chi connectivity index (χ4v) is 3.40. The zero-order valence-corrected chi connectivity index (χ0v) is 15.7. The zero-order valence-electron chi connectivity index (χ0n) is 15.7. The number of ether oxygens (including phenoxy) is 1. The Kier molecular flexibility index (Phi) is 5.22. The summed E-state index contributed by atoms with van der Waals surface area (Å²) in [5, 5.41) is 4.38. The van der Waals surface area contributed by atoms with Gasteiger partial charge >= 0.3 is 0 Å². The third kappa shape index (κ3) is 3.68. The molecule has 4 aromatic rings. The highest BCUT2D eigenvalue weighted by atomic mass is 16.5. The van der Waals surface area contributed by atoms with Crippen molar-refractivity contribution in [3.63, 3.8) is 0 Å². The Labute approximate surface area is 164 Å². The van der Waals surface area contributed by atoms with Gasteiger partial charge in [-0.1, -0.05) is 60.7 Å². The van der Waals surface area contributed by atoms with E-state index in [1.807, 2.05) is 78.9 Å². The van der Waals surface area contributed by atoms with Gasteiger partial charge in [-0.05, 0) is 29.3 Å². The first kappa shape index (κ1) is 18.0. The van der Waals surface area contributed by atoms with Crippen LogP contribution in [-0.4, -0.2) is 17.9 Å². The fourth-order valence-electron chi connectivity index (χ4n) is 3.40. The predicted molar refractivity (Wildman–Crippen MR) is 112 cm³/mol. The van der Waals surface area contributed by atoms with Crippen molar-refractivity contribution in [1.82, 2.24) is 10.3 Å². The number of H-pyrrole nitrogens is 1. The van der Waals surface area contributed by atoms with E-state index in [1.165, 1.54) is 0 Å². The fraction of sp³-hybridized carbons (Fsp3) is 0.125. The van der Waals surface area contributed by atoms with Crippen LogP contribution in [0, 0.1) is 0 Å². The first-order chi connectivity index (χ1) is 13.8. The maximum absolute atomic E-state index is 13.4. The number of hydrogen-bond donors (Lipinski definition) is 2. The predicted octanol–water partition coefficient (Wildman–Crippen LogP) is 4.89. The minimum absolute atomic E-state index is 0.0529. The number of hydrogen-bond acceptors (Lipinski definition) is 3. The van der Waals surface area contributed by atoms with Gasteiger partial charge in [-0.15, -0.1) is 0 Å². The van der Waals surface area contributed by atoms with E-state index < -0.39 is 6.04 Å². The molecule has 4 nitrogen and oxygen atoms in total. The van der Waals surface area contributed by atoms with E-state index >= 15 is 0 Å². The summed E-state index contributed by atoms with van der Waals surface area (Å²) in [6, 6.07) is 25.2. The molecular weight excluding hydrogens is 348 g/mol. The van der Waals surface area contributed by atoms with Crippen LogP contribution >= 0.6 is 0 Å². The number of aromatic amines is 1. The van der Waals surface area contributed by atoms with Crippen LogP contribution < -0.4 is 10.1 Å². The lowest BCUT2D eigenvalue weighted by molar-refractivity contribution is 0.0943. The highest BCUT2D eigenvalue weighted by Crippen LogP contribution is 2.25. The van der Waals surface area contributed by atoms with E-state index in [0.717, 1.165) is 27.8 Å². The van der Waals surface area contributed by atoms with Crippen LogP contribution in [0.3, 0.4) is 0 Å². The SMILES string of the molecule is COc1ccc(CN[C@H](C(=O)c2c[nH]c3ccccc23)c2ccccc2)cc1. The highest BCUT2D eigenvalue weighted by Gasteiger charge is 2.23. The molecule has 0 amide bonds. The molecule has 0 spiro atoms. The van der Waals surface area contributed by atoms with Gasteiger partial charge in [0, 0.05) is 29.2 Å². The molecule has 0 unspecified atom stereocenters. The number of methoxy groups -OCH3 is 1. The number of fused-ring (bicyclic) bond motifs is 1. The summed E-state index contributed by atoms with van der Waals surface area (Å²) in [6.07, 6.45) is 1.80. The Morgan fingerprint density at radius 2 is 1.68 bits per heavy atom. The Hall–Kier alpha value is -3.37. The summed E-state index contributed by atoms with van der Waals surface area (Å²) in [7, 11) is 1.65. The average molecular weight is 370 g/mol. The van der Waals surface area contributed by atoms with Crippen LogP contribution in [0.25, 0.3) is 10.9 Å². The number of carbonyl (C=O) groups is 1. The highest BCUT2D eigenvalue weighted by molar-refractivity contribution is 6.10. The number of rotatable bonds is 7. The van der Waals surface area contributed by atoms with Crippen LogP contribution in [0.15, 0.2) is 85.1 Å². The second-order valence-corrected chi connectivity index (χ2v) is 6.68. The van der Waals surface area contributed by atoms with E-state index in [1.54, 1.807) is 13.3 Å². The van der Waals surface area contributed by atoms with Crippen LogP contribution in [0.4, 0.5) is 0 Å². The molecule has 0 fully saturated rings. The monoisotopic (exact) mass is 370 g/mol. The van der Waals surface area contributed by atoms with Gasteiger partial charge in [0.1, 0.15) is 5.75 Å². The number of ketones is 1. The lowest BCUT2D eigenvalue weighted by Gasteiger charge is -2.18. The molecule has 0 saturated heterocycles. The number of nitrogens with one attached hydrogen (secondary N) is 2. The van der Waals surface area contributed by atoms with E-state index in [-0.39, 0.29) is 5.78 Å². The molecule has 28 heavy (non-hydrogen) atoms. The molecule has 0 radical (unpaired) electrons. The van der Waals surface area contributed by atoms with Crippen molar-refractivity contribution in [3.05, 3.63) is 102 Å². The average Bonchev–Trinajstić information content (AvgIpc) is 3.19. The summed E-state index contributed by atoms with van der Waals surface area (Å²) in [6.45, 7) is 0.581. The Balaban J connectivity index is 1.62. The molecule has 1 aromatic heterocycles. The molecule has 0 aliphatic heterocycles. The van der Waals surface area contributed by atoms with Crippen LogP contribution in [0.2, 0.25) is 0 Å². The maximum atomic E-state index is 13.4. The number of carbonyl (C=O) groups excluding carboxylic acids is 1. The molecule has 1 heterocycles. The maximum Gasteiger partial charge on any atom is 0.186 e. The molecule has 4 rings (SSSR count). The van der Waals surface area contributed by atoms with Gasteiger partial charge in [0.25, 0.3) is 0 Å². The number of para-hydroxylation sites is 1. The molecule has 0 aliphatic carbocycles. The second-order valence-electron chi connectivity index (χ2n) is 6.68. The van der Waals surface area contributed by atoms with Crippen molar-refractivity contribution in [2.45, 2.75) is 12.6 Å². The first-order valence-corrected chi connectivity index (χ1v) is 9.28. The molecule has 1 atom stereocenters. The van der Waals surface area contributed by atoms with Crippen LogP contribution in [0.1, 0.15) is 27.5 Å². The third-order valence-electron chi connectivity index (χ3n) is 4.92. The van der Waals surface area contributed by atoms with Gasteiger partial charge in [-0.25, -0.2) is 0 Å². The van der Waals surface area contributed by atoms with Crippen molar-refractivity contribution in [2.75, 3.05) is 7.11 Å². The van der Waals surface area contributed by atoms with E-state index in [0.29, 0.717) is 12.1 Å². The normalized spacial score (nSPS) is 12.0. The smallest absolute Gasteiger partial charge is 0.186 e. The van der Waals surface area contributed by atoms with E-state index in [4.69, 9.17) is 4.74 Å². The molecule has 3 aromatic carbocycles. The van der Waals surface area contributed by atoms with Gasteiger partial charge in [0.2, 0.25) is 0 Å². The molecular formula is C24H22N2O2. The Morgan fingerprint density at radius 1 is 0.964 bits per heavy atom. The molecule has 0 saturated carbocycles. The number of benzene rings is 3. The summed E-state index contributed by atoms with van der Waals surface area (Å²) in [5.74, 6) is 0.871. The Morgan fingerprint density at radius 3 is 2.43 bits per heavy atom. The molecule has 2 N–H and O–H groups in total. The number of Topliss-reactive ketones (excluding diaryl/α,β-unsaturated/α-hetero) is 1. The Bertz CT molecular complexity index is 1070. The van der Waals surface area contributed by atoms with E-state index in [2.05, 4.69) is 10.3 Å². The van der Waals surface area contributed by atoms with Gasteiger partial charge < -0.3 is 9.72 Å². The number of aromatic nitrogens is 1. The van der Waals surface area contributed by atoms with Crippen LogP contribution in [0.5, 0.6) is 5.75 Å². The van der Waals surface area contributed by atoms with Gasteiger partial charge in [-0.3, -0.25) is 10.1 Å². The van der Waals surface area contributed by atoms with Crippen LogP contribution in [-0.2, 0) is 6.54 Å². The molecule has 140 valence electrons. The van der Waals surface area contributed by atoms with Gasteiger partial charge in [0.05, 0.1) is 13.2 Å². The lowest BCUT2D eigenvalue weighted by Crippen LogP contribution is -2.28. The minimum atomic E-state index is -0.428. The topological polar surface area (TPSA) is 54.1 Å². The van der Waals surface area contributed by atoms with Crippen molar-refractivity contribution in [2.24, 2.45) is 0 Å². The van der Waals surface area contributed by atoms with Crippen molar-refractivity contribution >= 4 is 16.7 Å². The largest absolute Gasteiger partial charge is 0.497 e. The molecule has 0 aliphatic rings. The van der Waals surface area contributed by atoms with Gasteiger partial charge in [0.15, 0.2) is 5.78 Å². The van der Waals surface area contributed by atoms with Crippen molar-refractivity contribution in [3.8, 4) is 5.75 Å². The zero-order chi connectivity index (χ0) is 19.3. The van der Waals surface area contributed by atoms with E-state index in [9.17, 15) is 4.79 Å². The summed E-state index contributed by atoms with van der Waals surface area (Å²) in [4.78, 5) is 16.6. The first-order valence-electron chi connectivity index (χ1n) is 9.28. The molecule has 4 heteroatoms. The minimum Gasteiger partial charge on any atom is -0.497 e. The summed E-state index contributed by atoms with van der Waals surface area (Å²) < 4.78 is 5.21.